The Morgan fingerprint density at radius 3 is 2.08 bits per heavy atom. The monoisotopic (exact) mass is 163 g/mol. The number of quaternary nitrogens is 1. The van der Waals surface area contributed by atoms with Gasteiger partial charge in [-0.1, -0.05) is 12.7 Å². The van der Waals surface area contributed by atoms with Gasteiger partial charge in [-0.2, -0.15) is 5.84 Å². The van der Waals surface area contributed by atoms with Gasteiger partial charge in [-0.15, -0.1) is 0 Å². The smallest absolute Gasteiger partial charge is 0.151 e. The lowest BCUT2D eigenvalue weighted by atomic mass is 10.2. The third-order valence-electron chi connectivity index (χ3n) is 1.79. The van der Waals surface area contributed by atoms with Crippen LogP contribution in [0.1, 0.15) is 5.56 Å². The van der Waals surface area contributed by atoms with Gasteiger partial charge in [0, 0.05) is 12.1 Å². The van der Waals surface area contributed by atoms with E-state index in [1.807, 2.05) is 44.4 Å². The molecular formula is C10H15N2+. The molecule has 0 heterocycles. The maximum atomic E-state index is 5.86. The maximum Gasteiger partial charge on any atom is 0.151 e. The minimum absolute atomic E-state index is 0.359. The molecule has 1 rings (SSSR count). The summed E-state index contributed by atoms with van der Waals surface area (Å²) in [7, 11) is 3.87. The number of nitrogens with zero attached hydrogens (tertiary/aromatic N) is 1. The minimum atomic E-state index is 0.359. The minimum Gasteiger partial charge on any atom is -0.221 e. The quantitative estimate of drug-likeness (QED) is 0.401. The van der Waals surface area contributed by atoms with Gasteiger partial charge in [-0.05, 0) is 17.7 Å². The molecule has 0 saturated heterocycles. The highest BCUT2D eigenvalue weighted by atomic mass is 15.5. The van der Waals surface area contributed by atoms with Gasteiger partial charge in [-0.25, -0.2) is 4.59 Å². The average Bonchev–Trinajstić information content (AvgIpc) is 2.03. The van der Waals surface area contributed by atoms with Crippen molar-refractivity contribution in [1.82, 2.24) is 4.59 Å². The van der Waals surface area contributed by atoms with Gasteiger partial charge in [0.1, 0.15) is 0 Å². The molecule has 2 nitrogen and oxygen atoms in total. The summed E-state index contributed by atoms with van der Waals surface area (Å²) in [4.78, 5) is 0. The van der Waals surface area contributed by atoms with Crippen molar-refractivity contribution in [2.24, 2.45) is 5.84 Å². The van der Waals surface area contributed by atoms with Crippen LogP contribution in [0.3, 0.4) is 0 Å². The van der Waals surface area contributed by atoms with E-state index in [4.69, 9.17) is 5.84 Å². The van der Waals surface area contributed by atoms with Gasteiger partial charge in [0.25, 0.3) is 0 Å². The van der Waals surface area contributed by atoms with Crippen molar-refractivity contribution in [1.29, 1.82) is 0 Å². The van der Waals surface area contributed by atoms with E-state index in [1.165, 1.54) is 0 Å². The van der Waals surface area contributed by atoms with Gasteiger partial charge >= 0.3 is 0 Å². The summed E-state index contributed by atoms with van der Waals surface area (Å²) in [6.07, 6.45) is 1.82. The van der Waals surface area contributed by atoms with Crippen LogP contribution in [0.25, 0.3) is 6.08 Å². The third-order valence-corrected chi connectivity index (χ3v) is 1.79. The van der Waals surface area contributed by atoms with Crippen LogP contribution in [0.5, 0.6) is 0 Å². The number of hydrogen-bond donors (Lipinski definition) is 1. The fourth-order valence-electron chi connectivity index (χ4n) is 0.995. The Labute approximate surface area is 73.5 Å². The van der Waals surface area contributed by atoms with Crippen molar-refractivity contribution < 1.29 is 0 Å². The molecule has 1 aromatic rings. The standard InChI is InChI=1S/C10H15N2/c1-4-9-5-7-10(8-6-9)12(2,3)11/h4-8H,1,11H2,2-3H3/q+1. The highest BCUT2D eigenvalue weighted by Gasteiger charge is 2.11. The van der Waals surface area contributed by atoms with E-state index >= 15 is 0 Å². The molecule has 0 aromatic heterocycles. The second-order valence-electron chi connectivity index (χ2n) is 3.34. The third kappa shape index (κ3) is 1.94. The fraction of sp³-hybridized carbons (Fsp3) is 0.200. The van der Waals surface area contributed by atoms with Crippen molar-refractivity contribution in [3.05, 3.63) is 36.4 Å². The second-order valence-corrected chi connectivity index (χ2v) is 3.34. The van der Waals surface area contributed by atoms with Gasteiger partial charge in [0.15, 0.2) is 5.69 Å². The van der Waals surface area contributed by atoms with E-state index < -0.39 is 0 Å². The number of rotatable bonds is 2. The number of nitrogens with two attached hydrogens (primary N) is 1. The summed E-state index contributed by atoms with van der Waals surface area (Å²) in [5.74, 6) is 5.86. The molecule has 0 saturated carbocycles. The van der Waals surface area contributed by atoms with Gasteiger partial charge in [0.2, 0.25) is 0 Å². The molecule has 12 heavy (non-hydrogen) atoms. The molecular weight excluding hydrogens is 148 g/mol. The lowest BCUT2D eigenvalue weighted by Gasteiger charge is -2.21. The molecule has 0 bridgehead atoms. The molecule has 0 aliphatic rings. The molecule has 2 N–H and O–H groups in total. The first-order valence-corrected chi connectivity index (χ1v) is 3.89. The molecule has 64 valence electrons. The van der Waals surface area contributed by atoms with E-state index in [0.29, 0.717) is 4.59 Å². The van der Waals surface area contributed by atoms with Gasteiger partial charge in [-0.3, -0.25) is 0 Å². The molecule has 1 aromatic carbocycles. The summed E-state index contributed by atoms with van der Waals surface area (Å²) in [6, 6.07) is 8.04. The Kier molecular flexibility index (Phi) is 2.31. The molecule has 0 radical (unpaired) electrons. The molecule has 0 amide bonds. The Morgan fingerprint density at radius 1 is 1.25 bits per heavy atom. The summed E-state index contributed by atoms with van der Waals surface area (Å²) < 4.78 is 0.359. The Balaban J connectivity index is 3.00. The molecule has 0 aliphatic heterocycles. The number of hydrogen-bond acceptors (Lipinski definition) is 1. The van der Waals surface area contributed by atoms with Crippen molar-refractivity contribution >= 4 is 11.8 Å². The lowest BCUT2D eigenvalue weighted by molar-refractivity contribution is 0.419. The Hall–Kier alpha value is -1.12. The normalized spacial score (nSPS) is 11.2. The van der Waals surface area contributed by atoms with E-state index in [2.05, 4.69) is 6.58 Å². The summed E-state index contributed by atoms with van der Waals surface area (Å²) in [6.45, 7) is 3.69. The molecule has 0 aliphatic carbocycles. The summed E-state index contributed by atoms with van der Waals surface area (Å²) in [5, 5.41) is 0. The van der Waals surface area contributed by atoms with Crippen LogP contribution in [-0.4, -0.2) is 14.1 Å². The van der Waals surface area contributed by atoms with Crippen LogP contribution in [0.4, 0.5) is 5.69 Å². The Bertz CT molecular complexity index is 267. The predicted molar refractivity (Wildman–Crippen MR) is 54.4 cm³/mol. The first-order valence-electron chi connectivity index (χ1n) is 3.89. The largest absolute Gasteiger partial charge is 0.221 e. The second kappa shape index (κ2) is 3.09. The first-order chi connectivity index (χ1) is 5.54. The zero-order valence-corrected chi connectivity index (χ0v) is 7.62. The highest BCUT2D eigenvalue weighted by Crippen LogP contribution is 2.15. The van der Waals surface area contributed by atoms with Crippen LogP contribution in [-0.2, 0) is 0 Å². The van der Waals surface area contributed by atoms with Gasteiger partial charge < -0.3 is 0 Å². The zero-order valence-electron chi connectivity index (χ0n) is 7.62. The highest BCUT2D eigenvalue weighted by molar-refractivity contribution is 5.52. The first kappa shape index (κ1) is 8.97. The van der Waals surface area contributed by atoms with Crippen LogP contribution in [0.2, 0.25) is 0 Å². The molecule has 0 atom stereocenters. The molecule has 0 unspecified atom stereocenters. The van der Waals surface area contributed by atoms with Crippen molar-refractivity contribution in [3.8, 4) is 0 Å². The SMILES string of the molecule is C=Cc1ccc([N+](C)(C)N)cc1. The van der Waals surface area contributed by atoms with Crippen molar-refractivity contribution in [3.63, 3.8) is 0 Å². The lowest BCUT2D eigenvalue weighted by Crippen LogP contribution is -2.47. The predicted octanol–water partition coefficient (Wildman–Crippen LogP) is 1.77. The summed E-state index contributed by atoms with van der Waals surface area (Å²) in [5.41, 5.74) is 2.20. The maximum absolute atomic E-state index is 5.86. The average molecular weight is 163 g/mol. The van der Waals surface area contributed by atoms with Crippen molar-refractivity contribution in [2.75, 3.05) is 14.1 Å². The zero-order chi connectivity index (χ0) is 9.19. The molecule has 0 fully saturated rings. The molecule has 0 spiro atoms. The Morgan fingerprint density at radius 2 is 1.75 bits per heavy atom. The number of benzene rings is 1. The topological polar surface area (TPSA) is 26.0 Å². The summed E-state index contributed by atoms with van der Waals surface area (Å²) >= 11 is 0. The van der Waals surface area contributed by atoms with Crippen LogP contribution in [0, 0.1) is 0 Å². The van der Waals surface area contributed by atoms with E-state index in [9.17, 15) is 0 Å². The van der Waals surface area contributed by atoms with Gasteiger partial charge in [0.05, 0.1) is 14.1 Å². The van der Waals surface area contributed by atoms with E-state index in [0.717, 1.165) is 11.3 Å². The van der Waals surface area contributed by atoms with Crippen LogP contribution in [0.15, 0.2) is 30.8 Å². The van der Waals surface area contributed by atoms with E-state index in [1.54, 1.807) is 0 Å². The fourth-order valence-corrected chi connectivity index (χ4v) is 0.995. The van der Waals surface area contributed by atoms with Crippen molar-refractivity contribution in [2.45, 2.75) is 0 Å². The van der Waals surface area contributed by atoms with Crippen LogP contribution < -0.4 is 10.4 Å². The van der Waals surface area contributed by atoms with Crippen LogP contribution >= 0.6 is 0 Å². The van der Waals surface area contributed by atoms with E-state index in [-0.39, 0.29) is 0 Å². The molecule has 2 heteroatoms.